The Morgan fingerprint density at radius 1 is 0.657 bits per heavy atom. The van der Waals surface area contributed by atoms with Gasteiger partial charge in [-0.15, -0.1) is 0 Å². The normalized spacial score (nSPS) is 11.1. The highest BCUT2D eigenvalue weighted by Gasteiger charge is 2.22. The van der Waals surface area contributed by atoms with E-state index in [1.807, 2.05) is 24.3 Å². The smallest absolute Gasteiger partial charge is 0.220 e. The van der Waals surface area contributed by atoms with Crippen LogP contribution in [0.1, 0.15) is 5.56 Å². The molecule has 0 aliphatic carbocycles. The summed E-state index contributed by atoms with van der Waals surface area (Å²) in [6, 6.07) is 37.7. The number of rotatable bonds is 5. The average molecular weight is 456 g/mol. The number of aromatic nitrogens is 3. The number of aryl methyl sites for hydroxylation is 1. The second kappa shape index (κ2) is 8.65. The molecule has 0 amide bonds. The first kappa shape index (κ1) is 21.0. The lowest BCUT2D eigenvalue weighted by molar-refractivity contribution is 0.415. The molecule has 0 N–H and O–H groups in total. The van der Waals surface area contributed by atoms with Gasteiger partial charge in [-0.2, -0.15) is 0 Å². The van der Waals surface area contributed by atoms with Gasteiger partial charge in [-0.05, 0) is 43.3 Å². The Morgan fingerprint density at radius 3 is 1.91 bits per heavy atom. The lowest BCUT2D eigenvalue weighted by atomic mass is 10.0. The summed E-state index contributed by atoms with van der Waals surface area (Å²) in [6.45, 7) is 2.11. The predicted octanol–water partition coefficient (Wildman–Crippen LogP) is 7.44. The number of hydrogen-bond donors (Lipinski definition) is 0. The molecule has 2 heterocycles. The Morgan fingerprint density at radius 2 is 1.29 bits per heavy atom. The minimum atomic E-state index is 0.836. The van der Waals surface area contributed by atoms with Gasteiger partial charge in [-0.25, -0.2) is 4.98 Å². The van der Waals surface area contributed by atoms with Crippen LogP contribution in [0, 0.1) is 6.92 Å². The molecule has 0 aliphatic rings. The summed E-state index contributed by atoms with van der Waals surface area (Å²) < 4.78 is 9.85. The summed E-state index contributed by atoms with van der Waals surface area (Å²) >= 11 is 0. The SMILES string of the molecule is COc1ccc(-c2cn3c(-c4ccccc4)c(-c4ccccc4)nc3n2-c2ccc(C)cc2)cc1. The van der Waals surface area contributed by atoms with E-state index in [0.29, 0.717) is 0 Å². The molecular weight excluding hydrogens is 430 g/mol. The van der Waals surface area contributed by atoms with Crippen molar-refractivity contribution >= 4 is 5.78 Å². The third-order valence-corrected chi connectivity index (χ3v) is 6.36. The first-order valence-electron chi connectivity index (χ1n) is 11.7. The molecule has 0 spiro atoms. The molecule has 4 nitrogen and oxygen atoms in total. The van der Waals surface area contributed by atoms with Gasteiger partial charge >= 0.3 is 0 Å². The number of methoxy groups -OCH3 is 1. The minimum absolute atomic E-state index is 0.836. The minimum Gasteiger partial charge on any atom is -0.497 e. The Labute approximate surface area is 204 Å². The highest BCUT2D eigenvalue weighted by molar-refractivity contribution is 5.83. The number of fused-ring (bicyclic) bond motifs is 1. The molecule has 6 aromatic rings. The van der Waals surface area contributed by atoms with Crippen molar-refractivity contribution < 1.29 is 4.74 Å². The van der Waals surface area contributed by atoms with E-state index in [9.17, 15) is 0 Å². The van der Waals surface area contributed by atoms with E-state index in [1.54, 1.807) is 7.11 Å². The lowest BCUT2D eigenvalue weighted by Gasteiger charge is -2.10. The quantitative estimate of drug-likeness (QED) is 0.270. The number of imidazole rings is 2. The second-order valence-corrected chi connectivity index (χ2v) is 8.62. The van der Waals surface area contributed by atoms with Crippen molar-refractivity contribution in [3.05, 3.63) is 121 Å². The van der Waals surface area contributed by atoms with Crippen molar-refractivity contribution in [2.75, 3.05) is 7.11 Å². The van der Waals surface area contributed by atoms with Crippen LogP contribution in [0.5, 0.6) is 5.75 Å². The topological polar surface area (TPSA) is 31.5 Å². The number of nitrogens with zero attached hydrogens (tertiary/aromatic N) is 3. The number of ether oxygens (including phenoxy) is 1. The zero-order valence-electron chi connectivity index (χ0n) is 19.7. The third kappa shape index (κ3) is 3.69. The monoisotopic (exact) mass is 455 g/mol. The zero-order valence-corrected chi connectivity index (χ0v) is 19.7. The number of hydrogen-bond acceptors (Lipinski definition) is 2. The molecule has 0 atom stereocenters. The van der Waals surface area contributed by atoms with Crippen LogP contribution in [0.2, 0.25) is 0 Å². The average Bonchev–Trinajstić information content (AvgIpc) is 3.47. The third-order valence-electron chi connectivity index (χ3n) is 6.36. The summed E-state index contributed by atoms with van der Waals surface area (Å²) in [5.41, 5.74) is 8.72. The molecule has 35 heavy (non-hydrogen) atoms. The molecule has 0 radical (unpaired) electrons. The van der Waals surface area contributed by atoms with Crippen LogP contribution in [-0.2, 0) is 0 Å². The van der Waals surface area contributed by atoms with E-state index >= 15 is 0 Å². The van der Waals surface area contributed by atoms with Crippen molar-refractivity contribution in [1.29, 1.82) is 0 Å². The van der Waals surface area contributed by atoms with Crippen LogP contribution < -0.4 is 4.74 Å². The maximum Gasteiger partial charge on any atom is 0.220 e. The van der Waals surface area contributed by atoms with Gasteiger partial charge in [-0.3, -0.25) is 8.97 Å². The molecule has 0 saturated heterocycles. The molecule has 0 saturated carbocycles. The fourth-order valence-electron chi connectivity index (χ4n) is 4.57. The van der Waals surface area contributed by atoms with Crippen LogP contribution in [0.25, 0.3) is 45.2 Å². The Hall–Kier alpha value is -4.57. The van der Waals surface area contributed by atoms with E-state index in [0.717, 1.165) is 51.0 Å². The van der Waals surface area contributed by atoms with Gasteiger partial charge in [0, 0.05) is 28.6 Å². The van der Waals surface area contributed by atoms with Gasteiger partial charge in [0.1, 0.15) is 5.75 Å². The Kier molecular flexibility index (Phi) is 5.19. The molecule has 4 aromatic carbocycles. The van der Waals surface area contributed by atoms with E-state index < -0.39 is 0 Å². The molecule has 2 aromatic heterocycles. The fraction of sp³-hybridized carbons (Fsp3) is 0.0645. The van der Waals surface area contributed by atoms with Crippen LogP contribution in [0.15, 0.2) is 115 Å². The van der Waals surface area contributed by atoms with Gasteiger partial charge in [0.05, 0.1) is 24.2 Å². The molecule has 0 aliphatic heterocycles. The maximum absolute atomic E-state index is 5.39. The second-order valence-electron chi connectivity index (χ2n) is 8.62. The van der Waals surface area contributed by atoms with E-state index in [2.05, 4.69) is 107 Å². The van der Waals surface area contributed by atoms with Crippen LogP contribution in [0.4, 0.5) is 0 Å². The largest absolute Gasteiger partial charge is 0.497 e. The summed E-state index contributed by atoms with van der Waals surface area (Å²) in [5, 5.41) is 0. The molecule has 0 bridgehead atoms. The van der Waals surface area contributed by atoms with Gasteiger partial charge in [-0.1, -0.05) is 78.4 Å². The number of benzene rings is 4. The lowest BCUT2D eigenvalue weighted by Crippen LogP contribution is -1.98. The zero-order chi connectivity index (χ0) is 23.8. The molecule has 0 unspecified atom stereocenters. The Bertz CT molecular complexity index is 1590. The van der Waals surface area contributed by atoms with Crippen LogP contribution in [0.3, 0.4) is 0 Å². The van der Waals surface area contributed by atoms with Gasteiger partial charge < -0.3 is 4.74 Å². The van der Waals surface area contributed by atoms with Gasteiger partial charge in [0.25, 0.3) is 0 Å². The fourth-order valence-corrected chi connectivity index (χ4v) is 4.57. The summed E-state index contributed by atoms with van der Waals surface area (Å²) in [7, 11) is 1.69. The standard InChI is InChI=1S/C31H25N3O/c1-22-13-17-26(18-14-22)34-28(23-15-19-27(35-2)20-16-23)21-33-30(25-11-7-4-8-12-25)29(32-31(33)34)24-9-5-3-6-10-24/h3-21H,1-2H3. The Balaban J connectivity index is 1.69. The van der Waals surface area contributed by atoms with E-state index in [-0.39, 0.29) is 0 Å². The maximum atomic E-state index is 5.39. The summed E-state index contributed by atoms with van der Waals surface area (Å²) in [4.78, 5) is 5.24. The van der Waals surface area contributed by atoms with Crippen molar-refractivity contribution in [1.82, 2.24) is 14.0 Å². The van der Waals surface area contributed by atoms with Crippen LogP contribution >= 0.6 is 0 Å². The van der Waals surface area contributed by atoms with Crippen molar-refractivity contribution in [2.24, 2.45) is 0 Å². The first-order valence-corrected chi connectivity index (χ1v) is 11.7. The van der Waals surface area contributed by atoms with Crippen LogP contribution in [-0.4, -0.2) is 21.1 Å². The summed E-state index contributed by atoms with van der Waals surface area (Å²) in [5.74, 6) is 1.71. The summed E-state index contributed by atoms with van der Waals surface area (Å²) in [6.07, 6.45) is 2.19. The first-order chi connectivity index (χ1) is 17.2. The highest BCUT2D eigenvalue weighted by Crippen LogP contribution is 2.37. The van der Waals surface area contributed by atoms with Crippen molar-refractivity contribution in [3.63, 3.8) is 0 Å². The van der Waals surface area contributed by atoms with E-state index in [1.165, 1.54) is 5.56 Å². The molecule has 4 heteroatoms. The molecule has 0 fully saturated rings. The molecule has 6 rings (SSSR count). The van der Waals surface area contributed by atoms with Gasteiger partial charge in [0.15, 0.2) is 0 Å². The van der Waals surface area contributed by atoms with E-state index in [4.69, 9.17) is 9.72 Å². The van der Waals surface area contributed by atoms with Gasteiger partial charge in [0.2, 0.25) is 5.78 Å². The molecular formula is C31H25N3O. The van der Waals surface area contributed by atoms with Crippen molar-refractivity contribution in [3.8, 4) is 45.2 Å². The predicted molar refractivity (Wildman–Crippen MR) is 142 cm³/mol. The highest BCUT2D eigenvalue weighted by atomic mass is 16.5. The van der Waals surface area contributed by atoms with Crippen molar-refractivity contribution in [2.45, 2.75) is 6.92 Å². The molecule has 170 valence electrons.